The molecule has 0 heterocycles. The molecule has 0 saturated heterocycles. The Morgan fingerprint density at radius 2 is 2.12 bits per heavy atom. The van der Waals surface area contributed by atoms with Crippen LogP contribution in [0.3, 0.4) is 0 Å². The maximum absolute atomic E-state index is 12.6. The molecule has 0 aliphatic heterocycles. The van der Waals surface area contributed by atoms with Crippen LogP contribution < -0.4 is 0 Å². The summed E-state index contributed by atoms with van der Waals surface area (Å²) in [6.45, 7) is 1.57. The lowest BCUT2D eigenvalue weighted by Crippen LogP contribution is -2.07. The molecular formula is C11H9F2NO2. The quantitative estimate of drug-likeness (QED) is 0.727. The lowest BCUT2D eigenvalue weighted by atomic mass is 9.99. The number of carbonyl (C=O) groups excluding carboxylic acids is 1. The zero-order valence-electron chi connectivity index (χ0n) is 8.75. The average Bonchev–Trinajstić information content (AvgIpc) is 2.26. The summed E-state index contributed by atoms with van der Waals surface area (Å²) in [5, 5.41) is 8.79. The van der Waals surface area contributed by atoms with Gasteiger partial charge in [0.25, 0.3) is 6.43 Å². The summed E-state index contributed by atoms with van der Waals surface area (Å²) >= 11 is 0. The number of esters is 1. The van der Waals surface area contributed by atoms with Crippen molar-refractivity contribution in [3.63, 3.8) is 0 Å². The number of carbonyl (C=O) groups is 1. The first-order chi connectivity index (χ1) is 7.51. The molecule has 0 amide bonds. The van der Waals surface area contributed by atoms with Gasteiger partial charge in [-0.2, -0.15) is 5.26 Å². The molecule has 0 aliphatic carbocycles. The highest BCUT2D eigenvalue weighted by atomic mass is 19.3. The summed E-state index contributed by atoms with van der Waals surface area (Å²) in [7, 11) is 1.13. The number of alkyl halides is 2. The first-order valence-electron chi connectivity index (χ1n) is 4.42. The highest BCUT2D eigenvalue weighted by Gasteiger charge is 2.21. The van der Waals surface area contributed by atoms with E-state index in [1.54, 1.807) is 13.0 Å². The average molecular weight is 225 g/mol. The molecule has 0 fully saturated rings. The minimum atomic E-state index is -2.79. The number of hydrogen-bond acceptors (Lipinski definition) is 3. The van der Waals surface area contributed by atoms with Crippen LogP contribution >= 0.6 is 0 Å². The zero-order chi connectivity index (χ0) is 12.3. The molecular weight excluding hydrogens is 216 g/mol. The van der Waals surface area contributed by atoms with Crippen LogP contribution in [0.1, 0.15) is 33.5 Å². The van der Waals surface area contributed by atoms with Crippen LogP contribution in [0.2, 0.25) is 0 Å². The van der Waals surface area contributed by atoms with E-state index in [4.69, 9.17) is 5.26 Å². The Kier molecular flexibility index (Phi) is 3.56. The molecule has 1 rings (SSSR count). The van der Waals surface area contributed by atoms with Gasteiger partial charge in [0.2, 0.25) is 0 Å². The zero-order valence-corrected chi connectivity index (χ0v) is 8.75. The van der Waals surface area contributed by atoms with Gasteiger partial charge in [0, 0.05) is 5.56 Å². The lowest BCUT2D eigenvalue weighted by Gasteiger charge is -2.08. The minimum Gasteiger partial charge on any atom is -0.465 e. The molecule has 16 heavy (non-hydrogen) atoms. The summed E-state index contributed by atoms with van der Waals surface area (Å²) in [5.41, 5.74) is -0.412. The van der Waals surface area contributed by atoms with E-state index < -0.39 is 18.0 Å². The summed E-state index contributed by atoms with van der Waals surface area (Å²) < 4.78 is 29.7. The second-order valence-electron chi connectivity index (χ2n) is 3.18. The van der Waals surface area contributed by atoms with Gasteiger partial charge >= 0.3 is 5.97 Å². The van der Waals surface area contributed by atoms with Crippen molar-refractivity contribution in [2.75, 3.05) is 7.11 Å². The molecule has 84 valence electrons. The van der Waals surface area contributed by atoms with E-state index in [-0.39, 0.29) is 11.1 Å². The number of halogens is 2. The number of methoxy groups -OCH3 is 1. The molecule has 3 nitrogen and oxygen atoms in total. The normalized spacial score (nSPS) is 10.0. The van der Waals surface area contributed by atoms with Gasteiger partial charge < -0.3 is 4.74 Å². The minimum absolute atomic E-state index is 0.125. The van der Waals surface area contributed by atoms with Crippen LogP contribution in [-0.2, 0) is 4.74 Å². The van der Waals surface area contributed by atoms with Crippen LogP contribution in [0.25, 0.3) is 0 Å². The maximum atomic E-state index is 12.6. The molecule has 1 aromatic rings. The fraction of sp³-hybridized carbons (Fsp3) is 0.273. The van der Waals surface area contributed by atoms with Crippen molar-refractivity contribution in [3.8, 4) is 6.07 Å². The van der Waals surface area contributed by atoms with Gasteiger partial charge in [-0.05, 0) is 24.6 Å². The van der Waals surface area contributed by atoms with Crippen molar-refractivity contribution < 1.29 is 18.3 Å². The Morgan fingerprint density at radius 1 is 1.50 bits per heavy atom. The second-order valence-corrected chi connectivity index (χ2v) is 3.18. The van der Waals surface area contributed by atoms with E-state index >= 15 is 0 Å². The van der Waals surface area contributed by atoms with E-state index in [1.807, 2.05) is 0 Å². The third-order valence-corrected chi connectivity index (χ3v) is 2.07. The van der Waals surface area contributed by atoms with E-state index in [0.717, 1.165) is 7.11 Å². The van der Waals surface area contributed by atoms with Crippen LogP contribution in [0.4, 0.5) is 8.78 Å². The molecule has 0 aromatic heterocycles. The van der Waals surface area contributed by atoms with E-state index in [2.05, 4.69) is 4.74 Å². The highest BCUT2D eigenvalue weighted by molar-refractivity contribution is 5.93. The lowest BCUT2D eigenvalue weighted by molar-refractivity contribution is 0.0599. The van der Waals surface area contributed by atoms with E-state index in [1.165, 1.54) is 12.1 Å². The third kappa shape index (κ3) is 2.16. The molecule has 0 bridgehead atoms. The largest absolute Gasteiger partial charge is 0.465 e. The monoisotopic (exact) mass is 225 g/mol. The summed E-state index contributed by atoms with van der Waals surface area (Å²) in [6.07, 6.45) is -2.79. The molecule has 0 unspecified atom stereocenters. The van der Waals surface area contributed by atoms with Crippen molar-refractivity contribution in [3.05, 3.63) is 34.4 Å². The Balaban J connectivity index is 3.50. The smallest absolute Gasteiger partial charge is 0.339 e. The second kappa shape index (κ2) is 4.71. The summed E-state index contributed by atoms with van der Waals surface area (Å²) in [6, 6.07) is 4.15. The van der Waals surface area contributed by atoms with Gasteiger partial charge in [-0.3, -0.25) is 0 Å². The van der Waals surface area contributed by atoms with Crippen molar-refractivity contribution in [1.29, 1.82) is 5.26 Å². The van der Waals surface area contributed by atoms with E-state index in [9.17, 15) is 13.6 Å². The fourth-order valence-electron chi connectivity index (χ4n) is 1.38. The van der Waals surface area contributed by atoms with Gasteiger partial charge in [0.1, 0.15) is 6.07 Å². The van der Waals surface area contributed by atoms with Gasteiger partial charge in [-0.15, -0.1) is 0 Å². The van der Waals surface area contributed by atoms with Crippen molar-refractivity contribution in [2.24, 2.45) is 0 Å². The Morgan fingerprint density at radius 3 is 2.56 bits per heavy atom. The molecule has 5 heteroatoms. The van der Waals surface area contributed by atoms with Crippen LogP contribution in [0, 0.1) is 18.3 Å². The first-order valence-corrected chi connectivity index (χ1v) is 4.42. The third-order valence-electron chi connectivity index (χ3n) is 2.07. The molecule has 0 atom stereocenters. The number of hydrogen-bond donors (Lipinski definition) is 0. The van der Waals surface area contributed by atoms with Gasteiger partial charge in [0.05, 0.1) is 18.2 Å². The van der Waals surface area contributed by atoms with E-state index in [0.29, 0.717) is 5.56 Å². The number of rotatable bonds is 2. The van der Waals surface area contributed by atoms with Crippen molar-refractivity contribution in [1.82, 2.24) is 0 Å². The first kappa shape index (κ1) is 12.1. The Bertz CT molecular complexity index is 464. The molecule has 0 N–H and O–H groups in total. The highest BCUT2D eigenvalue weighted by Crippen LogP contribution is 2.26. The molecule has 0 radical (unpaired) electrons. The van der Waals surface area contributed by atoms with Crippen LogP contribution in [0.5, 0.6) is 0 Å². The Hall–Kier alpha value is -1.96. The topological polar surface area (TPSA) is 50.1 Å². The Labute approximate surface area is 91.3 Å². The van der Waals surface area contributed by atoms with Crippen molar-refractivity contribution in [2.45, 2.75) is 13.3 Å². The number of ether oxygens (including phenoxy) is 1. The van der Waals surface area contributed by atoms with Crippen LogP contribution in [0.15, 0.2) is 12.1 Å². The predicted octanol–water partition coefficient (Wildman–Crippen LogP) is 2.59. The number of nitriles is 1. The molecule has 0 saturated carbocycles. The van der Waals surface area contributed by atoms with Gasteiger partial charge in [-0.25, -0.2) is 13.6 Å². The van der Waals surface area contributed by atoms with Crippen molar-refractivity contribution >= 4 is 5.97 Å². The molecule has 1 aromatic carbocycles. The molecule has 0 spiro atoms. The number of nitrogens with zero attached hydrogens (tertiary/aromatic N) is 1. The molecule has 0 aliphatic rings. The predicted molar refractivity (Wildman–Crippen MR) is 52.2 cm³/mol. The summed E-state index contributed by atoms with van der Waals surface area (Å²) in [4.78, 5) is 11.3. The number of benzene rings is 1. The van der Waals surface area contributed by atoms with Gasteiger partial charge in [0.15, 0.2) is 0 Å². The maximum Gasteiger partial charge on any atom is 0.339 e. The van der Waals surface area contributed by atoms with Crippen LogP contribution in [-0.4, -0.2) is 13.1 Å². The summed E-state index contributed by atoms with van der Waals surface area (Å²) in [5.74, 6) is -0.790. The number of aryl methyl sites for hydroxylation is 1. The fourth-order valence-corrected chi connectivity index (χ4v) is 1.38. The standard InChI is InChI=1S/C11H9F2NO2/c1-6-3-7(10(12)13)9(5-14)8(4-6)11(15)16-2/h3-4,10H,1-2H3. The SMILES string of the molecule is COC(=O)c1cc(C)cc(C(F)F)c1C#N. The van der Waals surface area contributed by atoms with Gasteiger partial charge in [-0.1, -0.05) is 0 Å².